The first-order valence-electron chi connectivity index (χ1n) is 12.9. The van der Waals surface area contributed by atoms with Crippen LogP contribution in [0.25, 0.3) is 0 Å². The van der Waals surface area contributed by atoms with Gasteiger partial charge < -0.3 is 30.1 Å². The Bertz CT molecular complexity index is 1500. The monoisotopic (exact) mass is 668 g/mol. The van der Waals surface area contributed by atoms with E-state index < -0.39 is 33.7 Å². The molecule has 14 heteroatoms. The molecule has 0 spiro atoms. The SMILES string of the molecule is Br.CCOc1cc2c(cc1C(=O)NC)C(=N)N(CC(=O)c1cc(NCS(C)(=O)=O)c(OCC(=O)O)c(C(C)(C)C)c1)C2. The second-order valence-electron chi connectivity index (χ2n) is 10.7. The third-order valence-corrected chi connectivity index (χ3v) is 7.00. The van der Waals surface area contributed by atoms with Crippen molar-refractivity contribution in [3.63, 3.8) is 0 Å². The molecule has 0 radical (unpaired) electrons. The largest absolute Gasteiger partial charge is 0.493 e. The van der Waals surface area contributed by atoms with E-state index in [4.69, 9.17) is 14.9 Å². The Morgan fingerprint density at radius 3 is 2.33 bits per heavy atom. The van der Waals surface area contributed by atoms with E-state index in [1.54, 1.807) is 30.0 Å². The van der Waals surface area contributed by atoms with E-state index in [-0.39, 0.29) is 64.6 Å². The van der Waals surface area contributed by atoms with Gasteiger partial charge in [0.1, 0.15) is 23.2 Å². The number of carboxylic acid groups (broad SMARTS) is 1. The van der Waals surface area contributed by atoms with Gasteiger partial charge in [-0.3, -0.25) is 15.0 Å². The third-order valence-electron chi connectivity index (χ3n) is 6.33. The number of carbonyl (C=O) groups is 3. The number of fused-ring (bicyclic) bond motifs is 1. The molecule has 0 aliphatic carbocycles. The van der Waals surface area contributed by atoms with Gasteiger partial charge in [-0.15, -0.1) is 17.0 Å². The predicted molar refractivity (Wildman–Crippen MR) is 164 cm³/mol. The highest BCUT2D eigenvalue weighted by Gasteiger charge is 2.31. The van der Waals surface area contributed by atoms with Crippen LogP contribution in [-0.4, -0.2) is 80.9 Å². The maximum Gasteiger partial charge on any atom is 0.341 e. The predicted octanol–water partition coefficient (Wildman–Crippen LogP) is 3.22. The molecule has 0 aromatic heterocycles. The van der Waals surface area contributed by atoms with Crippen LogP contribution in [0.3, 0.4) is 0 Å². The Hall–Kier alpha value is -3.65. The van der Waals surface area contributed by atoms with Crippen molar-refractivity contribution in [3.05, 3.63) is 52.1 Å². The van der Waals surface area contributed by atoms with Gasteiger partial charge in [-0.1, -0.05) is 20.8 Å². The molecule has 0 atom stereocenters. The number of aliphatic carboxylic acids is 1. The summed E-state index contributed by atoms with van der Waals surface area (Å²) >= 11 is 0. The number of anilines is 1. The van der Waals surface area contributed by atoms with Crippen molar-refractivity contribution in [1.29, 1.82) is 5.41 Å². The number of amides is 1. The molecule has 1 heterocycles. The first-order valence-corrected chi connectivity index (χ1v) is 14.9. The van der Waals surface area contributed by atoms with Crippen molar-refractivity contribution in [2.75, 3.05) is 44.3 Å². The summed E-state index contributed by atoms with van der Waals surface area (Å²) < 4.78 is 35.0. The van der Waals surface area contributed by atoms with Crippen LogP contribution < -0.4 is 20.1 Å². The van der Waals surface area contributed by atoms with Crippen LogP contribution >= 0.6 is 17.0 Å². The first-order chi connectivity index (χ1) is 19.1. The van der Waals surface area contributed by atoms with Crippen LogP contribution in [0, 0.1) is 5.41 Å². The van der Waals surface area contributed by atoms with Gasteiger partial charge in [-0.05, 0) is 42.2 Å². The Morgan fingerprint density at radius 2 is 1.79 bits per heavy atom. The average molecular weight is 670 g/mol. The second-order valence-corrected chi connectivity index (χ2v) is 12.9. The molecule has 0 bridgehead atoms. The summed E-state index contributed by atoms with van der Waals surface area (Å²) in [6.07, 6.45) is 1.04. The molecule has 12 nitrogen and oxygen atoms in total. The number of nitrogens with zero attached hydrogens (tertiary/aromatic N) is 1. The number of carboxylic acids is 1. The molecule has 0 saturated heterocycles. The van der Waals surface area contributed by atoms with E-state index in [0.717, 1.165) is 11.8 Å². The molecule has 4 N–H and O–H groups in total. The van der Waals surface area contributed by atoms with E-state index in [1.165, 1.54) is 13.1 Å². The minimum Gasteiger partial charge on any atom is -0.493 e. The minimum absolute atomic E-state index is 0. The number of sulfone groups is 1. The summed E-state index contributed by atoms with van der Waals surface area (Å²) in [5.41, 5.74) is 1.86. The summed E-state index contributed by atoms with van der Waals surface area (Å²) in [5.74, 6) is -1.76. The summed E-state index contributed by atoms with van der Waals surface area (Å²) in [6.45, 7) is 7.15. The maximum absolute atomic E-state index is 13.6. The van der Waals surface area contributed by atoms with Crippen molar-refractivity contribution in [2.45, 2.75) is 39.7 Å². The smallest absolute Gasteiger partial charge is 0.341 e. The van der Waals surface area contributed by atoms with Gasteiger partial charge in [0, 0.05) is 36.5 Å². The zero-order valence-electron chi connectivity index (χ0n) is 24.4. The Balaban J connectivity index is 0.00000616. The van der Waals surface area contributed by atoms with Gasteiger partial charge in [0.05, 0.1) is 24.4 Å². The van der Waals surface area contributed by atoms with Crippen LogP contribution in [-0.2, 0) is 26.6 Å². The molecular formula is C28H37BrN4O8S. The molecule has 1 amide bonds. The number of hydrogen-bond donors (Lipinski definition) is 4. The molecule has 230 valence electrons. The van der Waals surface area contributed by atoms with Gasteiger partial charge in [0.15, 0.2) is 22.2 Å². The normalized spacial score (nSPS) is 12.7. The topological polar surface area (TPSA) is 175 Å². The lowest BCUT2D eigenvalue weighted by Crippen LogP contribution is -2.30. The highest BCUT2D eigenvalue weighted by molar-refractivity contribution is 8.93. The minimum atomic E-state index is -3.47. The van der Waals surface area contributed by atoms with Gasteiger partial charge >= 0.3 is 5.97 Å². The Labute approximate surface area is 256 Å². The fraction of sp³-hybridized carbons (Fsp3) is 0.429. The molecule has 0 unspecified atom stereocenters. The van der Waals surface area contributed by atoms with Crippen molar-refractivity contribution in [1.82, 2.24) is 10.2 Å². The quantitative estimate of drug-likeness (QED) is 0.246. The number of rotatable bonds is 12. The molecule has 2 aromatic carbocycles. The van der Waals surface area contributed by atoms with Gasteiger partial charge in [-0.25, -0.2) is 13.2 Å². The van der Waals surface area contributed by atoms with Crippen molar-refractivity contribution in [2.24, 2.45) is 0 Å². The van der Waals surface area contributed by atoms with E-state index in [9.17, 15) is 27.9 Å². The molecule has 0 fully saturated rings. The molecule has 1 aliphatic heterocycles. The van der Waals surface area contributed by atoms with Crippen molar-refractivity contribution in [3.8, 4) is 11.5 Å². The van der Waals surface area contributed by atoms with Gasteiger partial charge in [-0.2, -0.15) is 0 Å². The van der Waals surface area contributed by atoms with E-state index in [2.05, 4.69) is 10.6 Å². The number of hydrogen-bond acceptors (Lipinski definition) is 9. The fourth-order valence-electron chi connectivity index (χ4n) is 4.39. The molecular weight excluding hydrogens is 632 g/mol. The van der Waals surface area contributed by atoms with Crippen LogP contribution in [0.15, 0.2) is 24.3 Å². The maximum atomic E-state index is 13.6. The zero-order valence-corrected chi connectivity index (χ0v) is 26.9. The second kappa shape index (κ2) is 13.6. The summed E-state index contributed by atoms with van der Waals surface area (Å²) in [6, 6.07) is 6.34. The number of halogens is 1. The molecule has 2 aromatic rings. The van der Waals surface area contributed by atoms with Crippen LogP contribution in [0.4, 0.5) is 5.69 Å². The van der Waals surface area contributed by atoms with E-state index in [1.807, 2.05) is 20.8 Å². The third kappa shape index (κ3) is 8.22. The fourth-order valence-corrected chi connectivity index (χ4v) is 4.81. The molecule has 0 saturated carbocycles. The summed E-state index contributed by atoms with van der Waals surface area (Å²) in [7, 11) is -1.97. The Morgan fingerprint density at radius 1 is 1.12 bits per heavy atom. The molecule has 3 rings (SSSR count). The van der Waals surface area contributed by atoms with Crippen molar-refractivity contribution < 1.29 is 37.4 Å². The van der Waals surface area contributed by atoms with Gasteiger partial charge in [0.2, 0.25) is 0 Å². The van der Waals surface area contributed by atoms with Gasteiger partial charge in [0.25, 0.3) is 5.91 Å². The zero-order chi connectivity index (χ0) is 30.7. The molecule has 1 aliphatic rings. The molecule has 42 heavy (non-hydrogen) atoms. The highest BCUT2D eigenvalue weighted by atomic mass is 79.9. The highest BCUT2D eigenvalue weighted by Crippen LogP contribution is 2.39. The number of benzene rings is 2. The van der Waals surface area contributed by atoms with Crippen LogP contribution in [0.5, 0.6) is 11.5 Å². The number of amidine groups is 1. The van der Waals surface area contributed by atoms with Crippen LogP contribution in [0.2, 0.25) is 0 Å². The standard InChI is InChI=1S/C28H36N4O8S.BrH/c1-7-39-23-10-17-12-32(26(29)18(17)11-19(23)27(36)30-5)13-22(33)16-8-20(28(2,3)4)25(40-14-24(34)35)21(9-16)31-15-41(6,37)38;/h8-11,29,31H,7,12-15H2,1-6H3,(H,30,36)(H,34,35);1H. The van der Waals surface area contributed by atoms with Crippen molar-refractivity contribution >= 4 is 56.0 Å². The van der Waals surface area contributed by atoms with Crippen LogP contribution in [0.1, 0.15) is 65.1 Å². The summed E-state index contributed by atoms with van der Waals surface area (Å²) in [5, 5.41) is 23.2. The number of carbonyl (C=O) groups excluding carboxylic acids is 2. The lowest BCUT2D eigenvalue weighted by Gasteiger charge is -2.26. The first kappa shape index (κ1) is 34.6. The number of Topliss-reactive ketones (excluding diaryl/α,β-unsaturated/α-hetero) is 1. The van der Waals surface area contributed by atoms with E-state index >= 15 is 0 Å². The van der Waals surface area contributed by atoms with E-state index in [0.29, 0.717) is 29.0 Å². The number of nitrogens with one attached hydrogen (secondary N) is 3. The summed E-state index contributed by atoms with van der Waals surface area (Å²) in [4.78, 5) is 38.8. The average Bonchev–Trinajstić information content (AvgIpc) is 3.17. The lowest BCUT2D eigenvalue weighted by atomic mass is 9.84. The lowest BCUT2D eigenvalue weighted by molar-refractivity contribution is -0.139. The number of ether oxygens (including phenoxy) is 2. The number of ketones is 1. The Kier molecular flexibility index (Phi) is 11.1.